The highest BCUT2D eigenvalue weighted by Crippen LogP contribution is 2.15. The van der Waals surface area contributed by atoms with E-state index in [1.54, 1.807) is 0 Å². The molecule has 0 unspecified atom stereocenters. The van der Waals surface area contributed by atoms with E-state index in [1.807, 2.05) is 56.2 Å². The van der Waals surface area contributed by atoms with Crippen LogP contribution in [0.25, 0.3) is 0 Å². The van der Waals surface area contributed by atoms with Gasteiger partial charge in [0.25, 0.3) is 5.91 Å². The third-order valence-corrected chi connectivity index (χ3v) is 3.15. The molecule has 1 amide bonds. The maximum Gasteiger partial charge on any atom is 0.251 e. The molecule has 1 aromatic heterocycles. The summed E-state index contributed by atoms with van der Waals surface area (Å²) in [5, 5.41) is 10.2. The number of aryl methyl sites for hydroxylation is 2. The highest BCUT2D eigenvalue weighted by Gasteiger charge is 2.06. The summed E-state index contributed by atoms with van der Waals surface area (Å²) in [5.41, 5.74) is 3.89. The molecule has 20 heavy (non-hydrogen) atoms. The van der Waals surface area contributed by atoms with E-state index in [0.717, 1.165) is 16.8 Å². The lowest BCUT2D eigenvalue weighted by Gasteiger charge is -2.09. The fourth-order valence-electron chi connectivity index (χ4n) is 2.06. The maximum absolute atomic E-state index is 12.0. The molecule has 0 saturated carbocycles. The average molecular weight is 272 g/mol. The van der Waals surface area contributed by atoms with Crippen LogP contribution in [0.1, 0.15) is 21.5 Å². The first-order valence-electron chi connectivity index (χ1n) is 6.66. The second kappa shape index (κ2) is 6.23. The number of nitrogens with one attached hydrogen (secondary N) is 2. The van der Waals surface area contributed by atoms with Crippen molar-refractivity contribution < 1.29 is 4.79 Å². The Morgan fingerprint density at radius 3 is 2.75 bits per heavy atom. The van der Waals surface area contributed by atoms with E-state index in [4.69, 9.17) is 0 Å². The number of amides is 1. The number of hydrogen-bond donors (Lipinski definition) is 2. The van der Waals surface area contributed by atoms with Crippen LogP contribution < -0.4 is 10.6 Å². The van der Waals surface area contributed by atoms with Crippen molar-refractivity contribution in [3.05, 3.63) is 47.3 Å². The van der Waals surface area contributed by atoms with E-state index in [2.05, 4.69) is 15.7 Å². The Morgan fingerprint density at radius 2 is 2.15 bits per heavy atom. The number of rotatable bonds is 5. The van der Waals surface area contributed by atoms with Crippen LogP contribution in [0.4, 0.5) is 5.69 Å². The second-order valence-corrected chi connectivity index (χ2v) is 4.82. The zero-order chi connectivity index (χ0) is 14.5. The topological polar surface area (TPSA) is 59.0 Å². The van der Waals surface area contributed by atoms with Gasteiger partial charge in [-0.1, -0.05) is 0 Å². The lowest BCUT2D eigenvalue weighted by Crippen LogP contribution is -2.27. The van der Waals surface area contributed by atoms with Crippen molar-refractivity contribution in [3.63, 3.8) is 0 Å². The summed E-state index contributed by atoms with van der Waals surface area (Å²) >= 11 is 0. The minimum atomic E-state index is -0.0559. The van der Waals surface area contributed by atoms with E-state index in [9.17, 15) is 4.79 Å². The number of carbonyl (C=O) groups is 1. The quantitative estimate of drug-likeness (QED) is 0.875. The van der Waals surface area contributed by atoms with Crippen molar-refractivity contribution in [2.75, 3.05) is 18.9 Å². The maximum atomic E-state index is 12.0. The van der Waals surface area contributed by atoms with Crippen LogP contribution in [0.2, 0.25) is 0 Å². The zero-order valence-electron chi connectivity index (χ0n) is 12.1. The molecule has 2 N–H and O–H groups in total. The van der Waals surface area contributed by atoms with Crippen molar-refractivity contribution in [2.45, 2.75) is 20.4 Å². The SMILES string of the molecule is CNc1ccc(C(=O)NCCn2cc(C)cn2)cc1C. The molecular formula is C15H20N4O. The van der Waals surface area contributed by atoms with Gasteiger partial charge in [0.15, 0.2) is 0 Å². The van der Waals surface area contributed by atoms with Crippen LogP contribution in [0.5, 0.6) is 0 Å². The Kier molecular flexibility index (Phi) is 4.40. The van der Waals surface area contributed by atoms with Crippen molar-refractivity contribution in [3.8, 4) is 0 Å². The minimum Gasteiger partial charge on any atom is -0.388 e. The van der Waals surface area contributed by atoms with Gasteiger partial charge in [0.1, 0.15) is 0 Å². The molecule has 1 heterocycles. The molecule has 2 aromatic rings. The van der Waals surface area contributed by atoms with Gasteiger partial charge < -0.3 is 10.6 Å². The summed E-state index contributed by atoms with van der Waals surface area (Å²) in [7, 11) is 1.87. The molecular weight excluding hydrogens is 252 g/mol. The molecule has 0 saturated heterocycles. The van der Waals surface area contributed by atoms with Gasteiger partial charge in [0, 0.05) is 31.0 Å². The molecule has 0 spiro atoms. The summed E-state index contributed by atoms with van der Waals surface area (Å²) in [6, 6.07) is 5.63. The van der Waals surface area contributed by atoms with E-state index in [-0.39, 0.29) is 5.91 Å². The molecule has 0 aliphatic rings. The van der Waals surface area contributed by atoms with Gasteiger partial charge in [0.2, 0.25) is 0 Å². The Morgan fingerprint density at radius 1 is 1.35 bits per heavy atom. The third-order valence-electron chi connectivity index (χ3n) is 3.15. The first-order chi connectivity index (χ1) is 9.60. The summed E-state index contributed by atoms with van der Waals surface area (Å²) in [6.45, 7) is 5.21. The van der Waals surface area contributed by atoms with Gasteiger partial charge in [-0.05, 0) is 43.2 Å². The summed E-state index contributed by atoms with van der Waals surface area (Å²) < 4.78 is 1.82. The first-order valence-corrected chi connectivity index (χ1v) is 6.66. The number of carbonyl (C=O) groups excluding carboxylic acids is 1. The van der Waals surface area contributed by atoms with E-state index < -0.39 is 0 Å². The smallest absolute Gasteiger partial charge is 0.251 e. The molecule has 0 atom stereocenters. The normalized spacial score (nSPS) is 10.3. The number of benzene rings is 1. The number of hydrogen-bond acceptors (Lipinski definition) is 3. The van der Waals surface area contributed by atoms with Crippen LogP contribution in [0.15, 0.2) is 30.6 Å². The van der Waals surface area contributed by atoms with Crippen molar-refractivity contribution in [2.24, 2.45) is 0 Å². The second-order valence-electron chi connectivity index (χ2n) is 4.82. The monoisotopic (exact) mass is 272 g/mol. The Hall–Kier alpha value is -2.30. The minimum absolute atomic E-state index is 0.0559. The molecule has 5 heteroatoms. The van der Waals surface area contributed by atoms with Crippen LogP contribution in [0, 0.1) is 13.8 Å². The standard InChI is InChI=1S/C15H20N4O/c1-11-9-18-19(10-11)7-6-17-15(20)13-4-5-14(16-3)12(2)8-13/h4-5,8-10,16H,6-7H2,1-3H3,(H,17,20). The Labute approximate surface area is 119 Å². The molecule has 0 radical (unpaired) electrons. The number of aromatic nitrogens is 2. The van der Waals surface area contributed by atoms with Gasteiger partial charge in [-0.15, -0.1) is 0 Å². The number of nitrogens with zero attached hydrogens (tertiary/aromatic N) is 2. The lowest BCUT2D eigenvalue weighted by atomic mass is 10.1. The van der Waals surface area contributed by atoms with Gasteiger partial charge in [-0.3, -0.25) is 9.48 Å². The predicted octanol–water partition coefficient (Wildman–Crippen LogP) is 1.97. The number of anilines is 1. The summed E-state index contributed by atoms with van der Waals surface area (Å²) in [5.74, 6) is -0.0559. The molecule has 1 aromatic carbocycles. The zero-order valence-corrected chi connectivity index (χ0v) is 12.1. The van der Waals surface area contributed by atoms with Gasteiger partial charge in [-0.2, -0.15) is 5.10 Å². The fraction of sp³-hybridized carbons (Fsp3) is 0.333. The molecule has 0 aliphatic carbocycles. The fourth-order valence-corrected chi connectivity index (χ4v) is 2.06. The van der Waals surface area contributed by atoms with E-state index in [1.165, 1.54) is 0 Å². The highest BCUT2D eigenvalue weighted by atomic mass is 16.1. The van der Waals surface area contributed by atoms with Gasteiger partial charge in [-0.25, -0.2) is 0 Å². The molecule has 5 nitrogen and oxygen atoms in total. The van der Waals surface area contributed by atoms with Gasteiger partial charge in [0.05, 0.1) is 12.7 Å². The lowest BCUT2D eigenvalue weighted by molar-refractivity contribution is 0.0952. The predicted molar refractivity (Wildman–Crippen MR) is 80.0 cm³/mol. The summed E-state index contributed by atoms with van der Waals surface area (Å²) in [6.07, 6.45) is 3.76. The molecule has 0 bridgehead atoms. The van der Waals surface area contributed by atoms with E-state index in [0.29, 0.717) is 18.7 Å². The van der Waals surface area contributed by atoms with Gasteiger partial charge >= 0.3 is 0 Å². The van der Waals surface area contributed by atoms with Crippen LogP contribution in [0.3, 0.4) is 0 Å². The van der Waals surface area contributed by atoms with Crippen LogP contribution >= 0.6 is 0 Å². The van der Waals surface area contributed by atoms with Crippen molar-refractivity contribution >= 4 is 11.6 Å². The molecule has 2 rings (SSSR count). The molecule has 0 fully saturated rings. The average Bonchev–Trinajstić information content (AvgIpc) is 2.84. The van der Waals surface area contributed by atoms with Crippen molar-refractivity contribution in [1.29, 1.82) is 0 Å². The van der Waals surface area contributed by atoms with Crippen LogP contribution in [-0.2, 0) is 6.54 Å². The summed E-state index contributed by atoms with van der Waals surface area (Å²) in [4.78, 5) is 12.0. The third kappa shape index (κ3) is 3.38. The molecule has 106 valence electrons. The van der Waals surface area contributed by atoms with Crippen molar-refractivity contribution in [1.82, 2.24) is 15.1 Å². The first kappa shape index (κ1) is 14.1. The Balaban J connectivity index is 1.90. The Bertz CT molecular complexity index is 604. The highest BCUT2D eigenvalue weighted by molar-refractivity contribution is 5.94. The molecule has 0 aliphatic heterocycles. The van der Waals surface area contributed by atoms with Crippen LogP contribution in [-0.4, -0.2) is 29.3 Å². The largest absolute Gasteiger partial charge is 0.388 e. The van der Waals surface area contributed by atoms with E-state index >= 15 is 0 Å².